The standard InChI is InChI=1S/C3H7NO3.Zr/c4-2(1-5)3(6)7;/h2,5H,1,4H2,(H,6,7);/t2-;/m0./s1. The molecule has 0 aliphatic carbocycles. The Bertz CT molecular complexity index is 76.9. The Morgan fingerprint density at radius 2 is 2.12 bits per heavy atom. The van der Waals surface area contributed by atoms with Crippen molar-refractivity contribution in [3.8, 4) is 0 Å². The minimum absolute atomic E-state index is 0. The molecule has 0 rings (SSSR count). The van der Waals surface area contributed by atoms with Gasteiger partial charge in [0.1, 0.15) is 6.04 Å². The zero-order valence-electron chi connectivity index (χ0n) is 4.16. The maximum absolute atomic E-state index is 9.65. The van der Waals surface area contributed by atoms with E-state index in [1.165, 1.54) is 0 Å². The van der Waals surface area contributed by atoms with Crippen LogP contribution in [0.15, 0.2) is 0 Å². The number of carboxylic acids is 1. The van der Waals surface area contributed by atoms with Gasteiger partial charge in [0.15, 0.2) is 0 Å². The van der Waals surface area contributed by atoms with Crippen molar-refractivity contribution in [2.45, 2.75) is 6.04 Å². The van der Waals surface area contributed by atoms with Crippen molar-refractivity contribution in [3.63, 3.8) is 0 Å². The van der Waals surface area contributed by atoms with E-state index in [0.29, 0.717) is 0 Å². The molecule has 0 saturated carbocycles. The monoisotopic (exact) mass is 195 g/mol. The molecular formula is C3H7NO3Zr. The van der Waals surface area contributed by atoms with Crippen LogP contribution in [-0.2, 0) is 31.0 Å². The van der Waals surface area contributed by atoms with Crippen LogP contribution in [0.3, 0.4) is 0 Å². The summed E-state index contributed by atoms with van der Waals surface area (Å²) in [6.45, 7) is -0.505. The second kappa shape index (κ2) is 5.41. The molecule has 0 aliphatic heterocycles. The van der Waals surface area contributed by atoms with Gasteiger partial charge in [-0.3, -0.25) is 4.79 Å². The first kappa shape index (κ1) is 11.1. The van der Waals surface area contributed by atoms with Gasteiger partial charge in [-0.25, -0.2) is 0 Å². The first-order valence-electron chi connectivity index (χ1n) is 1.77. The first-order valence-corrected chi connectivity index (χ1v) is 1.77. The third-order valence-electron chi connectivity index (χ3n) is 0.514. The van der Waals surface area contributed by atoms with Crippen molar-refractivity contribution >= 4 is 5.97 Å². The Morgan fingerprint density at radius 1 is 1.75 bits per heavy atom. The molecule has 0 radical (unpaired) electrons. The van der Waals surface area contributed by atoms with Crippen LogP contribution in [0, 0.1) is 0 Å². The van der Waals surface area contributed by atoms with Crippen LogP contribution in [0.2, 0.25) is 0 Å². The summed E-state index contributed by atoms with van der Waals surface area (Å²) in [6, 6.07) is -1.13. The summed E-state index contributed by atoms with van der Waals surface area (Å²) in [5.41, 5.74) is 4.77. The fourth-order valence-corrected chi connectivity index (χ4v) is 0.0781. The molecule has 0 aromatic heterocycles. The van der Waals surface area contributed by atoms with Gasteiger partial charge in [-0.2, -0.15) is 0 Å². The molecule has 0 amide bonds. The molecule has 0 aromatic carbocycles. The predicted molar refractivity (Wildman–Crippen MR) is 22.7 cm³/mol. The van der Waals surface area contributed by atoms with Crippen molar-refractivity contribution in [2.75, 3.05) is 6.61 Å². The number of aliphatic hydroxyl groups is 1. The minimum atomic E-state index is -1.18. The summed E-state index contributed by atoms with van der Waals surface area (Å²) in [4.78, 5) is 9.65. The first-order chi connectivity index (χ1) is 3.18. The summed E-state index contributed by atoms with van der Waals surface area (Å²) < 4.78 is 0. The number of hydrogen-bond acceptors (Lipinski definition) is 3. The maximum atomic E-state index is 9.65. The molecule has 0 unspecified atom stereocenters. The van der Waals surface area contributed by atoms with Crippen LogP contribution < -0.4 is 5.73 Å². The molecule has 1 atom stereocenters. The molecule has 0 saturated heterocycles. The molecule has 0 heterocycles. The van der Waals surface area contributed by atoms with E-state index < -0.39 is 18.6 Å². The average molecular weight is 196 g/mol. The summed E-state index contributed by atoms with van der Waals surface area (Å²) >= 11 is 0. The summed E-state index contributed by atoms with van der Waals surface area (Å²) in [7, 11) is 0. The Morgan fingerprint density at radius 3 is 2.12 bits per heavy atom. The Balaban J connectivity index is 0. The Kier molecular flexibility index (Phi) is 7.52. The van der Waals surface area contributed by atoms with Crippen molar-refractivity contribution in [1.82, 2.24) is 0 Å². The van der Waals surface area contributed by atoms with E-state index in [-0.39, 0.29) is 26.2 Å². The van der Waals surface area contributed by atoms with Gasteiger partial charge in [0, 0.05) is 26.2 Å². The van der Waals surface area contributed by atoms with Gasteiger partial charge < -0.3 is 15.9 Å². The van der Waals surface area contributed by atoms with Crippen molar-refractivity contribution in [2.24, 2.45) is 5.73 Å². The minimum Gasteiger partial charge on any atom is -0.480 e. The number of aliphatic carboxylic acids is 1. The number of carbonyl (C=O) groups is 1. The van der Waals surface area contributed by atoms with Crippen LogP contribution in [0.4, 0.5) is 0 Å². The van der Waals surface area contributed by atoms with Gasteiger partial charge in [-0.15, -0.1) is 0 Å². The van der Waals surface area contributed by atoms with Gasteiger partial charge in [0.05, 0.1) is 6.61 Å². The zero-order valence-corrected chi connectivity index (χ0v) is 6.62. The number of aliphatic hydroxyl groups excluding tert-OH is 1. The zero-order chi connectivity index (χ0) is 5.86. The predicted octanol–water partition coefficient (Wildman–Crippen LogP) is -1.61. The maximum Gasteiger partial charge on any atom is 0.322 e. The number of rotatable bonds is 2. The molecular weight excluding hydrogens is 189 g/mol. The van der Waals surface area contributed by atoms with Gasteiger partial charge >= 0.3 is 5.97 Å². The molecule has 0 fully saturated rings. The van der Waals surface area contributed by atoms with E-state index >= 15 is 0 Å². The van der Waals surface area contributed by atoms with Crippen molar-refractivity contribution in [3.05, 3.63) is 0 Å². The second-order valence-corrected chi connectivity index (χ2v) is 1.13. The number of carboxylic acid groups (broad SMARTS) is 1. The third-order valence-corrected chi connectivity index (χ3v) is 0.514. The second-order valence-electron chi connectivity index (χ2n) is 1.13. The van der Waals surface area contributed by atoms with Crippen LogP contribution >= 0.6 is 0 Å². The smallest absolute Gasteiger partial charge is 0.322 e. The Labute approximate surface area is 65.8 Å². The molecule has 8 heavy (non-hydrogen) atoms. The fraction of sp³-hybridized carbons (Fsp3) is 0.667. The van der Waals surface area contributed by atoms with Gasteiger partial charge in [0.2, 0.25) is 0 Å². The normalized spacial score (nSPS) is 11.8. The van der Waals surface area contributed by atoms with Crippen LogP contribution in [0.25, 0.3) is 0 Å². The molecule has 0 spiro atoms. The quantitative estimate of drug-likeness (QED) is 0.496. The Hall–Kier alpha value is 0.273. The van der Waals surface area contributed by atoms with Gasteiger partial charge in [0.25, 0.3) is 0 Å². The van der Waals surface area contributed by atoms with E-state index in [2.05, 4.69) is 0 Å². The summed E-state index contributed by atoms with van der Waals surface area (Å²) in [5.74, 6) is -1.18. The van der Waals surface area contributed by atoms with Crippen molar-refractivity contribution < 1.29 is 41.2 Å². The molecule has 5 heteroatoms. The topological polar surface area (TPSA) is 83.5 Å². The number of hydrogen-bond donors (Lipinski definition) is 3. The SMILES string of the molecule is N[C@@H](CO)C(=O)O.[Zr]. The average Bonchev–Trinajstić information content (AvgIpc) is 1.65. The van der Waals surface area contributed by atoms with Gasteiger partial charge in [-0.1, -0.05) is 0 Å². The van der Waals surface area contributed by atoms with E-state index in [1.807, 2.05) is 0 Å². The van der Waals surface area contributed by atoms with E-state index in [1.54, 1.807) is 0 Å². The molecule has 0 bridgehead atoms. The fourth-order valence-electron chi connectivity index (χ4n) is 0.0781. The molecule has 4 nitrogen and oxygen atoms in total. The van der Waals surface area contributed by atoms with Crippen LogP contribution in [-0.4, -0.2) is 28.8 Å². The largest absolute Gasteiger partial charge is 0.480 e. The molecule has 46 valence electrons. The summed E-state index contributed by atoms with van der Waals surface area (Å²) in [5, 5.41) is 15.9. The third kappa shape index (κ3) is 4.43. The summed E-state index contributed by atoms with van der Waals surface area (Å²) in [6.07, 6.45) is 0. The van der Waals surface area contributed by atoms with Crippen molar-refractivity contribution in [1.29, 1.82) is 0 Å². The van der Waals surface area contributed by atoms with Crippen LogP contribution in [0.1, 0.15) is 0 Å². The van der Waals surface area contributed by atoms with E-state index in [9.17, 15) is 4.79 Å². The number of nitrogens with two attached hydrogens (primary N) is 1. The van der Waals surface area contributed by atoms with E-state index in [0.717, 1.165) is 0 Å². The molecule has 4 N–H and O–H groups in total. The molecule has 0 aromatic rings. The molecule has 0 aliphatic rings. The van der Waals surface area contributed by atoms with Gasteiger partial charge in [-0.05, 0) is 0 Å². The van der Waals surface area contributed by atoms with E-state index in [4.69, 9.17) is 15.9 Å². The van der Waals surface area contributed by atoms with Crippen LogP contribution in [0.5, 0.6) is 0 Å².